The Morgan fingerprint density at radius 2 is 1.95 bits per heavy atom. The van der Waals surface area contributed by atoms with E-state index in [0.29, 0.717) is 30.0 Å². The molecule has 1 aromatic heterocycles. The molecule has 2 N–H and O–H groups in total. The number of amides is 1. The van der Waals surface area contributed by atoms with E-state index in [1.165, 1.54) is 15.6 Å². The summed E-state index contributed by atoms with van der Waals surface area (Å²) >= 11 is 1.39. The lowest BCUT2D eigenvalue weighted by Crippen LogP contribution is -2.35. The molecule has 1 aliphatic rings. The molecule has 2 heterocycles. The number of aryl methyl sites for hydroxylation is 1. The second-order valence-electron chi connectivity index (χ2n) is 5.32. The molecule has 0 saturated carbocycles. The molecule has 0 unspecified atom stereocenters. The summed E-state index contributed by atoms with van der Waals surface area (Å²) in [4.78, 5) is 12.6. The number of benzene rings is 1. The van der Waals surface area contributed by atoms with Gasteiger partial charge in [-0.3, -0.25) is 4.79 Å². The molecule has 0 atom stereocenters. The van der Waals surface area contributed by atoms with E-state index in [2.05, 4.69) is 0 Å². The van der Waals surface area contributed by atoms with E-state index in [1.807, 2.05) is 6.92 Å². The summed E-state index contributed by atoms with van der Waals surface area (Å²) in [5.74, 6) is -0.452. The maximum atomic E-state index is 12.7. The van der Waals surface area contributed by atoms with Crippen molar-refractivity contribution in [2.75, 3.05) is 6.54 Å². The van der Waals surface area contributed by atoms with Gasteiger partial charge in [-0.1, -0.05) is 17.7 Å². The van der Waals surface area contributed by atoms with Gasteiger partial charge in [-0.25, -0.2) is 8.42 Å². The first-order valence-electron chi connectivity index (χ1n) is 6.85. The zero-order chi connectivity index (χ0) is 15.9. The minimum atomic E-state index is -3.51. The number of rotatable bonds is 3. The third-order valence-electron chi connectivity index (χ3n) is 3.84. The molecule has 1 amide bonds. The van der Waals surface area contributed by atoms with Crippen LogP contribution in [0.2, 0.25) is 0 Å². The van der Waals surface area contributed by atoms with Crippen LogP contribution in [0.15, 0.2) is 34.5 Å². The highest BCUT2D eigenvalue weighted by atomic mass is 32.2. The number of nitrogens with two attached hydrogens (primary N) is 1. The fourth-order valence-corrected chi connectivity index (χ4v) is 5.17. The predicted molar refractivity (Wildman–Crippen MR) is 85.3 cm³/mol. The Bertz CT molecular complexity index is 823. The van der Waals surface area contributed by atoms with E-state index in [9.17, 15) is 13.2 Å². The van der Waals surface area contributed by atoms with Crippen LogP contribution in [-0.4, -0.2) is 25.2 Å². The number of carbonyl (C=O) groups excluding carboxylic acids is 1. The molecule has 0 radical (unpaired) electrons. The topological polar surface area (TPSA) is 80.5 Å². The lowest BCUT2D eigenvalue weighted by Gasteiger charge is -2.26. The zero-order valence-corrected chi connectivity index (χ0v) is 13.7. The minimum absolute atomic E-state index is 0.295. The Balaban J connectivity index is 1.91. The molecule has 0 aliphatic carbocycles. The van der Waals surface area contributed by atoms with Gasteiger partial charge in [-0.15, -0.1) is 11.3 Å². The van der Waals surface area contributed by atoms with Gasteiger partial charge < -0.3 is 5.73 Å². The second-order valence-corrected chi connectivity index (χ2v) is 8.22. The Morgan fingerprint density at radius 1 is 1.27 bits per heavy atom. The van der Waals surface area contributed by atoms with Crippen molar-refractivity contribution < 1.29 is 13.2 Å². The van der Waals surface area contributed by atoms with Crippen molar-refractivity contribution >= 4 is 27.3 Å². The number of sulfonamides is 1. The highest BCUT2D eigenvalue weighted by Crippen LogP contribution is 2.31. The Labute approximate surface area is 133 Å². The normalized spacial score (nSPS) is 15.5. The third kappa shape index (κ3) is 2.55. The quantitative estimate of drug-likeness (QED) is 0.929. The molecule has 22 heavy (non-hydrogen) atoms. The van der Waals surface area contributed by atoms with Crippen LogP contribution in [0.1, 0.15) is 26.4 Å². The standard InChI is InChI=1S/C15H16N2O3S2/c1-10-2-4-11(5-3-10)22(19,20)17-7-6-12-13(15(16)18)9-21-14(12)8-17/h2-5,9H,6-8H2,1H3,(H2,16,18). The largest absolute Gasteiger partial charge is 0.366 e. The number of hydrogen-bond acceptors (Lipinski definition) is 4. The fourth-order valence-electron chi connectivity index (χ4n) is 2.58. The average molecular weight is 336 g/mol. The maximum Gasteiger partial charge on any atom is 0.249 e. The summed E-state index contributed by atoms with van der Waals surface area (Å²) in [5, 5.41) is 1.72. The van der Waals surface area contributed by atoms with Crippen molar-refractivity contribution in [3.05, 3.63) is 51.2 Å². The molecule has 5 nitrogen and oxygen atoms in total. The molecule has 1 aromatic carbocycles. The number of thiophene rings is 1. The monoisotopic (exact) mass is 336 g/mol. The fraction of sp³-hybridized carbons (Fsp3) is 0.267. The van der Waals surface area contributed by atoms with Gasteiger partial charge >= 0.3 is 0 Å². The third-order valence-corrected chi connectivity index (χ3v) is 6.71. The number of fused-ring (bicyclic) bond motifs is 1. The van der Waals surface area contributed by atoms with Crippen LogP contribution in [0.3, 0.4) is 0 Å². The summed E-state index contributed by atoms with van der Waals surface area (Å²) < 4.78 is 26.8. The van der Waals surface area contributed by atoms with Crippen molar-refractivity contribution in [3.63, 3.8) is 0 Å². The van der Waals surface area contributed by atoms with Gasteiger partial charge in [-0.05, 0) is 31.0 Å². The van der Waals surface area contributed by atoms with Crippen LogP contribution in [0, 0.1) is 6.92 Å². The van der Waals surface area contributed by atoms with Crippen molar-refractivity contribution in [3.8, 4) is 0 Å². The first kappa shape index (κ1) is 15.2. The lowest BCUT2D eigenvalue weighted by atomic mass is 10.0. The summed E-state index contributed by atoms with van der Waals surface area (Å²) in [5.41, 5.74) is 7.78. The summed E-state index contributed by atoms with van der Waals surface area (Å²) in [7, 11) is -3.51. The van der Waals surface area contributed by atoms with Crippen LogP contribution in [0.5, 0.6) is 0 Å². The van der Waals surface area contributed by atoms with Crippen LogP contribution in [-0.2, 0) is 23.0 Å². The van der Waals surface area contributed by atoms with E-state index in [1.54, 1.807) is 29.6 Å². The predicted octanol–water partition coefficient (Wildman–Crippen LogP) is 1.90. The molecule has 116 valence electrons. The van der Waals surface area contributed by atoms with Gasteiger partial charge in [0, 0.05) is 23.3 Å². The van der Waals surface area contributed by atoms with Crippen molar-refractivity contribution in [2.45, 2.75) is 24.8 Å². The van der Waals surface area contributed by atoms with Crippen LogP contribution in [0.4, 0.5) is 0 Å². The van der Waals surface area contributed by atoms with E-state index in [0.717, 1.165) is 16.0 Å². The van der Waals surface area contributed by atoms with E-state index < -0.39 is 15.9 Å². The molecular formula is C15H16N2O3S2. The molecule has 1 aliphatic heterocycles. The van der Waals surface area contributed by atoms with Crippen LogP contribution < -0.4 is 5.73 Å². The average Bonchev–Trinajstić information content (AvgIpc) is 2.90. The zero-order valence-electron chi connectivity index (χ0n) is 12.1. The van der Waals surface area contributed by atoms with Crippen molar-refractivity contribution in [1.82, 2.24) is 4.31 Å². The highest BCUT2D eigenvalue weighted by molar-refractivity contribution is 7.89. The van der Waals surface area contributed by atoms with E-state index >= 15 is 0 Å². The van der Waals surface area contributed by atoms with Gasteiger partial charge in [0.15, 0.2) is 0 Å². The number of hydrogen-bond donors (Lipinski definition) is 1. The maximum absolute atomic E-state index is 12.7. The molecular weight excluding hydrogens is 320 g/mol. The van der Waals surface area contributed by atoms with Crippen molar-refractivity contribution in [2.24, 2.45) is 5.73 Å². The Hall–Kier alpha value is -1.70. The molecule has 0 saturated heterocycles. The Morgan fingerprint density at radius 3 is 2.59 bits per heavy atom. The van der Waals surface area contributed by atoms with Crippen LogP contribution >= 0.6 is 11.3 Å². The van der Waals surface area contributed by atoms with Gasteiger partial charge in [-0.2, -0.15) is 4.31 Å². The molecule has 0 fully saturated rings. The minimum Gasteiger partial charge on any atom is -0.366 e. The van der Waals surface area contributed by atoms with Gasteiger partial charge in [0.2, 0.25) is 15.9 Å². The molecule has 7 heteroatoms. The molecule has 0 bridgehead atoms. The SMILES string of the molecule is Cc1ccc(S(=O)(=O)N2CCc3c(C(N)=O)csc3C2)cc1. The molecule has 3 rings (SSSR count). The lowest BCUT2D eigenvalue weighted by molar-refractivity contribution is 0.0999. The Kier molecular flexibility index (Phi) is 3.80. The number of primary amides is 1. The second kappa shape index (κ2) is 5.49. The summed E-state index contributed by atoms with van der Waals surface area (Å²) in [6.07, 6.45) is 0.516. The van der Waals surface area contributed by atoms with Crippen LogP contribution in [0.25, 0.3) is 0 Å². The summed E-state index contributed by atoms with van der Waals surface area (Å²) in [6.45, 7) is 2.57. The van der Waals surface area contributed by atoms with Gasteiger partial charge in [0.25, 0.3) is 0 Å². The summed E-state index contributed by atoms with van der Waals surface area (Å²) in [6, 6.07) is 6.84. The first-order chi connectivity index (χ1) is 10.4. The highest BCUT2D eigenvalue weighted by Gasteiger charge is 2.30. The number of nitrogens with zero attached hydrogens (tertiary/aromatic N) is 1. The van der Waals surface area contributed by atoms with E-state index in [-0.39, 0.29) is 0 Å². The molecule has 2 aromatic rings. The van der Waals surface area contributed by atoms with E-state index in [4.69, 9.17) is 5.73 Å². The molecule has 0 spiro atoms. The first-order valence-corrected chi connectivity index (χ1v) is 9.17. The van der Waals surface area contributed by atoms with Gasteiger partial charge in [0.1, 0.15) is 0 Å². The van der Waals surface area contributed by atoms with Crippen molar-refractivity contribution in [1.29, 1.82) is 0 Å². The smallest absolute Gasteiger partial charge is 0.249 e. The number of carbonyl (C=O) groups is 1. The van der Waals surface area contributed by atoms with Gasteiger partial charge in [0.05, 0.1) is 10.5 Å².